The number of hydrogen-bond donors (Lipinski definition) is 2. The van der Waals surface area contributed by atoms with Crippen molar-refractivity contribution >= 4 is 11.6 Å². The molecule has 1 saturated carbocycles. The number of ether oxygens (including phenoxy) is 1. The minimum absolute atomic E-state index is 0.0361. The standard InChI is InChI=1S/C30H38FN5O2/c1-4-20-18-24(21-6-5-7-21)26(28-33-27(34-35-28)12-17-38-3)19-25(20)29(37)36-15-13-30(31,14-16-36)22-8-10-23(32-2)11-9-22/h8-11,18-19,21,32H,4-7,12-17H2,1-3H3,(H,33,34,35). The molecule has 0 spiro atoms. The first-order chi connectivity index (χ1) is 18.5. The first-order valence-corrected chi connectivity index (χ1v) is 13.8. The minimum Gasteiger partial charge on any atom is -0.388 e. The van der Waals surface area contributed by atoms with Crippen molar-refractivity contribution in [3.63, 3.8) is 0 Å². The van der Waals surface area contributed by atoms with Gasteiger partial charge in [-0.15, -0.1) is 0 Å². The summed E-state index contributed by atoms with van der Waals surface area (Å²) >= 11 is 0. The van der Waals surface area contributed by atoms with Crippen LogP contribution in [0.5, 0.6) is 0 Å². The third-order valence-corrected chi connectivity index (χ3v) is 8.28. The van der Waals surface area contributed by atoms with Gasteiger partial charge in [0.1, 0.15) is 11.5 Å². The topological polar surface area (TPSA) is 83.1 Å². The molecule has 202 valence electrons. The predicted molar refractivity (Wildman–Crippen MR) is 147 cm³/mol. The van der Waals surface area contributed by atoms with E-state index in [1.165, 1.54) is 12.0 Å². The summed E-state index contributed by atoms with van der Waals surface area (Å²) in [5.74, 6) is 1.83. The fourth-order valence-electron chi connectivity index (χ4n) is 5.59. The van der Waals surface area contributed by atoms with Crippen LogP contribution in [-0.4, -0.2) is 59.8 Å². The van der Waals surface area contributed by atoms with Crippen molar-refractivity contribution in [1.29, 1.82) is 0 Å². The number of H-pyrrole nitrogens is 1. The van der Waals surface area contributed by atoms with Crippen molar-refractivity contribution in [1.82, 2.24) is 20.1 Å². The highest BCUT2D eigenvalue weighted by Crippen LogP contribution is 2.42. The number of piperidine rings is 1. The Kier molecular flexibility index (Phi) is 7.79. The number of methoxy groups -OCH3 is 1. The normalized spacial score (nSPS) is 17.3. The largest absolute Gasteiger partial charge is 0.388 e. The molecule has 1 aromatic heterocycles. The third-order valence-electron chi connectivity index (χ3n) is 8.28. The Morgan fingerprint density at radius 1 is 1.21 bits per heavy atom. The van der Waals surface area contributed by atoms with Crippen LogP contribution in [0.4, 0.5) is 10.1 Å². The molecule has 2 aromatic carbocycles. The van der Waals surface area contributed by atoms with Crippen molar-refractivity contribution < 1.29 is 13.9 Å². The second kappa shape index (κ2) is 11.2. The molecule has 5 rings (SSSR count). The molecule has 38 heavy (non-hydrogen) atoms. The molecule has 7 nitrogen and oxygen atoms in total. The van der Waals surface area contributed by atoms with Gasteiger partial charge >= 0.3 is 0 Å². The van der Waals surface area contributed by atoms with Crippen molar-refractivity contribution in [2.75, 3.05) is 39.2 Å². The quantitative estimate of drug-likeness (QED) is 0.383. The lowest BCUT2D eigenvalue weighted by Crippen LogP contribution is -2.43. The maximum Gasteiger partial charge on any atom is 0.254 e. The van der Waals surface area contributed by atoms with Crippen molar-refractivity contribution in [3.8, 4) is 11.4 Å². The van der Waals surface area contributed by atoms with E-state index in [2.05, 4.69) is 28.5 Å². The van der Waals surface area contributed by atoms with Crippen molar-refractivity contribution in [2.24, 2.45) is 0 Å². The van der Waals surface area contributed by atoms with Gasteiger partial charge in [0.25, 0.3) is 5.91 Å². The Hall–Kier alpha value is -3.26. The van der Waals surface area contributed by atoms with Crippen LogP contribution < -0.4 is 5.32 Å². The van der Waals surface area contributed by atoms with Crippen LogP contribution in [0.2, 0.25) is 0 Å². The molecule has 0 atom stereocenters. The van der Waals surface area contributed by atoms with E-state index in [9.17, 15) is 4.79 Å². The molecule has 8 heteroatoms. The number of nitrogens with one attached hydrogen (secondary N) is 2. The number of likely N-dealkylation sites (tertiary alicyclic amines) is 1. The smallest absolute Gasteiger partial charge is 0.254 e. The molecule has 2 aliphatic rings. The lowest BCUT2D eigenvalue weighted by molar-refractivity contribution is 0.0420. The summed E-state index contributed by atoms with van der Waals surface area (Å²) in [6.45, 7) is 3.42. The number of aromatic amines is 1. The molecule has 1 saturated heterocycles. The minimum atomic E-state index is -1.42. The first kappa shape index (κ1) is 26.4. The summed E-state index contributed by atoms with van der Waals surface area (Å²) < 4.78 is 21.1. The van der Waals surface area contributed by atoms with Gasteiger partial charge in [0, 0.05) is 63.3 Å². The van der Waals surface area contributed by atoms with Gasteiger partial charge < -0.3 is 15.0 Å². The zero-order valence-corrected chi connectivity index (χ0v) is 22.6. The van der Waals surface area contributed by atoms with Gasteiger partial charge in [-0.2, -0.15) is 5.10 Å². The Bertz CT molecular complexity index is 1260. The van der Waals surface area contributed by atoms with E-state index in [4.69, 9.17) is 9.72 Å². The number of carbonyl (C=O) groups is 1. The number of aromatic nitrogens is 3. The Labute approximate surface area is 224 Å². The Balaban J connectivity index is 1.40. The molecular formula is C30H38FN5O2. The monoisotopic (exact) mass is 519 g/mol. The molecule has 3 aromatic rings. The fraction of sp³-hybridized carbons (Fsp3) is 0.500. The molecule has 0 radical (unpaired) electrons. The summed E-state index contributed by atoms with van der Waals surface area (Å²) in [7, 11) is 3.52. The number of anilines is 1. The molecule has 2 fully saturated rings. The number of alkyl halides is 1. The summed E-state index contributed by atoms with van der Waals surface area (Å²) in [4.78, 5) is 20.4. The van der Waals surface area contributed by atoms with Gasteiger partial charge in [-0.25, -0.2) is 9.37 Å². The van der Waals surface area contributed by atoms with Gasteiger partial charge in [0.2, 0.25) is 0 Å². The zero-order chi connectivity index (χ0) is 26.7. The van der Waals surface area contributed by atoms with E-state index < -0.39 is 5.67 Å². The lowest BCUT2D eigenvalue weighted by atomic mass is 9.76. The maximum absolute atomic E-state index is 15.9. The molecule has 1 amide bonds. The van der Waals surface area contributed by atoms with E-state index in [-0.39, 0.29) is 18.7 Å². The average Bonchev–Trinajstić information content (AvgIpc) is 3.39. The number of nitrogens with zero attached hydrogens (tertiary/aromatic N) is 3. The van der Waals surface area contributed by atoms with Gasteiger partial charge in [0.05, 0.1) is 6.61 Å². The predicted octanol–water partition coefficient (Wildman–Crippen LogP) is 5.63. The van der Waals surface area contributed by atoms with Crippen LogP contribution in [0.1, 0.15) is 77.8 Å². The van der Waals surface area contributed by atoms with E-state index in [1.807, 2.05) is 42.3 Å². The Morgan fingerprint density at radius 2 is 1.95 bits per heavy atom. The van der Waals surface area contributed by atoms with E-state index in [0.29, 0.717) is 49.0 Å². The number of aryl methyl sites for hydroxylation is 1. The summed E-state index contributed by atoms with van der Waals surface area (Å²) in [5.41, 5.74) is 4.08. The van der Waals surface area contributed by atoms with E-state index >= 15 is 4.39 Å². The van der Waals surface area contributed by atoms with Crippen LogP contribution in [0.25, 0.3) is 11.4 Å². The van der Waals surface area contributed by atoms with E-state index in [0.717, 1.165) is 41.9 Å². The van der Waals surface area contributed by atoms with Crippen molar-refractivity contribution in [3.05, 3.63) is 64.5 Å². The van der Waals surface area contributed by atoms with E-state index in [1.54, 1.807) is 7.11 Å². The van der Waals surface area contributed by atoms with Gasteiger partial charge in [0.15, 0.2) is 5.82 Å². The summed E-state index contributed by atoms with van der Waals surface area (Å²) in [6.07, 6.45) is 5.49. The summed E-state index contributed by atoms with van der Waals surface area (Å²) in [5, 5.41) is 10.6. The molecule has 0 unspecified atom stereocenters. The number of benzene rings is 2. The number of hydrogen-bond acceptors (Lipinski definition) is 5. The van der Waals surface area contributed by atoms with Crippen molar-refractivity contribution in [2.45, 2.75) is 63.5 Å². The molecule has 2 N–H and O–H groups in total. The highest BCUT2D eigenvalue weighted by atomic mass is 19.1. The number of amides is 1. The van der Waals surface area contributed by atoms with Crippen LogP contribution >= 0.6 is 0 Å². The molecule has 1 aliphatic heterocycles. The van der Waals surface area contributed by atoms with Gasteiger partial charge in [-0.3, -0.25) is 9.89 Å². The SMILES string of the molecule is CCc1cc(C2CCC2)c(-c2n[nH]c(CCOC)n2)cc1C(=O)N1CCC(F)(c2ccc(NC)cc2)CC1. The first-order valence-electron chi connectivity index (χ1n) is 13.8. The molecule has 1 aliphatic carbocycles. The number of rotatable bonds is 9. The molecular weight excluding hydrogens is 481 g/mol. The zero-order valence-electron chi connectivity index (χ0n) is 22.6. The molecule has 2 heterocycles. The summed E-state index contributed by atoms with van der Waals surface area (Å²) in [6, 6.07) is 11.7. The van der Waals surface area contributed by atoms with Crippen LogP contribution in [-0.2, 0) is 23.2 Å². The number of carbonyl (C=O) groups excluding carboxylic acids is 1. The lowest BCUT2D eigenvalue weighted by Gasteiger charge is -2.37. The number of halogens is 1. The third kappa shape index (κ3) is 5.19. The highest BCUT2D eigenvalue weighted by Gasteiger charge is 2.38. The fourth-order valence-corrected chi connectivity index (χ4v) is 5.59. The second-order valence-electron chi connectivity index (χ2n) is 10.5. The average molecular weight is 520 g/mol. The Morgan fingerprint density at radius 3 is 2.55 bits per heavy atom. The van der Waals surface area contributed by atoms with Crippen LogP contribution in [0.3, 0.4) is 0 Å². The van der Waals surface area contributed by atoms with Crippen LogP contribution in [0, 0.1) is 0 Å². The van der Waals surface area contributed by atoms with Gasteiger partial charge in [-0.05, 0) is 60.1 Å². The van der Waals surface area contributed by atoms with Gasteiger partial charge in [-0.1, -0.05) is 31.5 Å². The van der Waals surface area contributed by atoms with Crippen LogP contribution in [0.15, 0.2) is 36.4 Å². The second-order valence-corrected chi connectivity index (χ2v) is 10.5. The molecule has 0 bridgehead atoms. The maximum atomic E-state index is 15.9. The highest BCUT2D eigenvalue weighted by molar-refractivity contribution is 5.97.